The Kier molecular flexibility index (Phi) is 12.7. The molecule has 16 heavy (non-hydrogen) atoms. The van der Waals surface area contributed by atoms with Crippen LogP contribution in [0, 0.1) is 0 Å². The highest BCUT2D eigenvalue weighted by Crippen LogP contribution is 2.10. The molecule has 1 N–H and O–H groups in total. The molecule has 0 saturated heterocycles. The molecule has 0 rings (SSSR count). The molecule has 0 aromatic carbocycles. The van der Waals surface area contributed by atoms with E-state index in [9.17, 15) is 4.79 Å². The Bertz CT molecular complexity index is 162. The van der Waals surface area contributed by atoms with Gasteiger partial charge in [-0.1, -0.05) is 25.7 Å². The number of hydrogen-bond donors (Lipinski definition) is 1. The Labute approximate surface area is 103 Å². The molecule has 0 amide bonds. The fourth-order valence-corrected chi connectivity index (χ4v) is 2.19. The minimum atomic E-state index is -0.0968. The first-order chi connectivity index (χ1) is 7.81. The van der Waals surface area contributed by atoms with Crippen LogP contribution in [0.4, 0.5) is 0 Å². The van der Waals surface area contributed by atoms with Crippen molar-refractivity contribution in [2.45, 2.75) is 44.9 Å². The van der Waals surface area contributed by atoms with Gasteiger partial charge in [0.1, 0.15) is 0 Å². The van der Waals surface area contributed by atoms with Gasteiger partial charge in [0.25, 0.3) is 0 Å². The van der Waals surface area contributed by atoms with E-state index in [-0.39, 0.29) is 12.6 Å². The molecule has 0 aliphatic carbocycles. The Morgan fingerprint density at radius 3 is 2.31 bits per heavy atom. The van der Waals surface area contributed by atoms with E-state index in [2.05, 4.69) is 4.74 Å². The molecule has 0 heterocycles. The van der Waals surface area contributed by atoms with Crippen LogP contribution in [0.5, 0.6) is 0 Å². The molecule has 0 fully saturated rings. The number of esters is 1. The number of hydrogen-bond acceptors (Lipinski definition) is 4. The second-order valence-corrected chi connectivity index (χ2v) is 5.01. The summed E-state index contributed by atoms with van der Waals surface area (Å²) >= 11 is 1.82. The highest BCUT2D eigenvalue weighted by Gasteiger charge is 1.98. The van der Waals surface area contributed by atoms with Gasteiger partial charge in [-0.2, -0.15) is 11.8 Å². The van der Waals surface area contributed by atoms with Crippen LogP contribution in [-0.4, -0.2) is 36.3 Å². The molecule has 0 aliphatic rings. The van der Waals surface area contributed by atoms with E-state index in [1.807, 2.05) is 11.8 Å². The Hall–Kier alpha value is -0.220. The maximum Gasteiger partial charge on any atom is 0.305 e. The van der Waals surface area contributed by atoms with Crippen LogP contribution in [0.3, 0.4) is 0 Å². The maximum absolute atomic E-state index is 10.8. The first-order valence-corrected chi connectivity index (χ1v) is 7.22. The van der Waals surface area contributed by atoms with Crippen molar-refractivity contribution in [1.29, 1.82) is 0 Å². The standard InChI is InChI=1S/C12H24O3S/c1-15-12(14)8-6-4-2-3-5-7-10-16-11-9-13/h13H,2-11H2,1H3. The predicted octanol–water partition coefficient (Wildman–Crippen LogP) is 2.62. The zero-order valence-electron chi connectivity index (χ0n) is 10.2. The van der Waals surface area contributed by atoms with E-state index in [1.54, 1.807) is 0 Å². The molecule has 0 saturated carbocycles. The van der Waals surface area contributed by atoms with Crippen molar-refractivity contribution in [2.75, 3.05) is 25.2 Å². The number of ether oxygens (including phenoxy) is 1. The van der Waals surface area contributed by atoms with Gasteiger partial charge in [-0.25, -0.2) is 0 Å². The average Bonchev–Trinajstić information content (AvgIpc) is 2.31. The molecule has 0 aliphatic heterocycles. The lowest BCUT2D eigenvalue weighted by atomic mass is 10.1. The maximum atomic E-state index is 10.8. The summed E-state index contributed by atoms with van der Waals surface area (Å²) in [4.78, 5) is 10.8. The van der Waals surface area contributed by atoms with Crippen LogP contribution in [0.25, 0.3) is 0 Å². The first-order valence-electron chi connectivity index (χ1n) is 6.06. The number of aliphatic hydroxyl groups excluding tert-OH is 1. The summed E-state index contributed by atoms with van der Waals surface area (Å²) < 4.78 is 4.57. The average molecular weight is 248 g/mol. The summed E-state index contributed by atoms with van der Waals surface area (Å²) in [6, 6.07) is 0. The topological polar surface area (TPSA) is 46.5 Å². The monoisotopic (exact) mass is 248 g/mol. The molecule has 96 valence electrons. The number of unbranched alkanes of at least 4 members (excludes halogenated alkanes) is 5. The number of thioether (sulfide) groups is 1. The van der Waals surface area contributed by atoms with Gasteiger partial charge < -0.3 is 9.84 Å². The van der Waals surface area contributed by atoms with Crippen molar-refractivity contribution in [2.24, 2.45) is 0 Å². The smallest absolute Gasteiger partial charge is 0.305 e. The van der Waals surface area contributed by atoms with Crippen LogP contribution in [0.1, 0.15) is 44.9 Å². The van der Waals surface area contributed by atoms with Crippen molar-refractivity contribution in [3.8, 4) is 0 Å². The van der Waals surface area contributed by atoms with E-state index >= 15 is 0 Å². The Morgan fingerprint density at radius 1 is 1.06 bits per heavy atom. The van der Waals surface area contributed by atoms with Crippen LogP contribution < -0.4 is 0 Å². The van der Waals surface area contributed by atoms with Crippen LogP contribution in [0.15, 0.2) is 0 Å². The van der Waals surface area contributed by atoms with E-state index < -0.39 is 0 Å². The molecule has 0 aromatic heterocycles. The Balaban J connectivity index is 2.96. The number of methoxy groups -OCH3 is 1. The molecular weight excluding hydrogens is 224 g/mol. The molecular formula is C12H24O3S. The molecule has 0 bridgehead atoms. The van der Waals surface area contributed by atoms with Gasteiger partial charge in [0.15, 0.2) is 0 Å². The van der Waals surface area contributed by atoms with E-state index in [0.29, 0.717) is 6.42 Å². The largest absolute Gasteiger partial charge is 0.469 e. The molecule has 0 atom stereocenters. The van der Waals surface area contributed by atoms with E-state index in [0.717, 1.165) is 24.3 Å². The van der Waals surface area contributed by atoms with Gasteiger partial charge in [-0.3, -0.25) is 4.79 Å². The zero-order chi connectivity index (χ0) is 12.1. The summed E-state index contributed by atoms with van der Waals surface area (Å²) in [5, 5.41) is 8.57. The lowest BCUT2D eigenvalue weighted by Crippen LogP contribution is -1.99. The van der Waals surface area contributed by atoms with Crippen molar-refractivity contribution in [3.05, 3.63) is 0 Å². The SMILES string of the molecule is COC(=O)CCCCCCCCSCCO. The second-order valence-electron chi connectivity index (χ2n) is 3.78. The predicted molar refractivity (Wildman–Crippen MR) is 68.7 cm³/mol. The summed E-state index contributed by atoms with van der Waals surface area (Å²) in [6.07, 6.45) is 7.59. The van der Waals surface area contributed by atoms with Crippen molar-refractivity contribution in [3.63, 3.8) is 0 Å². The molecule has 0 radical (unpaired) electrons. The minimum absolute atomic E-state index is 0.0968. The van der Waals surface area contributed by atoms with Crippen molar-refractivity contribution in [1.82, 2.24) is 0 Å². The quantitative estimate of drug-likeness (QED) is 0.451. The third-order valence-corrected chi connectivity index (χ3v) is 3.43. The number of carbonyl (C=O) groups is 1. The van der Waals surface area contributed by atoms with E-state index in [1.165, 1.54) is 32.8 Å². The van der Waals surface area contributed by atoms with Crippen LogP contribution in [-0.2, 0) is 9.53 Å². The minimum Gasteiger partial charge on any atom is -0.469 e. The van der Waals surface area contributed by atoms with Crippen molar-refractivity contribution >= 4 is 17.7 Å². The molecule has 3 nitrogen and oxygen atoms in total. The zero-order valence-corrected chi connectivity index (χ0v) is 11.1. The van der Waals surface area contributed by atoms with Gasteiger partial charge in [0.2, 0.25) is 0 Å². The summed E-state index contributed by atoms with van der Waals surface area (Å²) in [5.74, 6) is 1.92. The number of carbonyl (C=O) groups excluding carboxylic acids is 1. The van der Waals surface area contributed by atoms with Gasteiger partial charge >= 0.3 is 5.97 Å². The van der Waals surface area contributed by atoms with Gasteiger partial charge in [-0.15, -0.1) is 0 Å². The van der Waals surface area contributed by atoms with Crippen molar-refractivity contribution < 1.29 is 14.6 Å². The highest BCUT2D eigenvalue weighted by molar-refractivity contribution is 7.99. The Morgan fingerprint density at radius 2 is 1.69 bits per heavy atom. The fraction of sp³-hybridized carbons (Fsp3) is 0.917. The molecule has 0 aromatic rings. The fourth-order valence-electron chi connectivity index (χ4n) is 1.45. The lowest BCUT2D eigenvalue weighted by molar-refractivity contribution is -0.140. The molecule has 0 spiro atoms. The lowest BCUT2D eigenvalue weighted by Gasteiger charge is -2.01. The number of aliphatic hydroxyl groups is 1. The third kappa shape index (κ3) is 11.9. The summed E-state index contributed by atoms with van der Waals surface area (Å²) in [5.41, 5.74) is 0. The summed E-state index contributed by atoms with van der Waals surface area (Å²) in [6.45, 7) is 0.290. The molecule has 4 heteroatoms. The van der Waals surface area contributed by atoms with Crippen LogP contribution >= 0.6 is 11.8 Å². The van der Waals surface area contributed by atoms with Gasteiger partial charge in [0, 0.05) is 12.2 Å². The first kappa shape index (κ1) is 15.8. The van der Waals surface area contributed by atoms with Gasteiger partial charge in [-0.05, 0) is 18.6 Å². The molecule has 0 unspecified atom stereocenters. The second kappa shape index (κ2) is 12.8. The normalized spacial score (nSPS) is 10.4. The number of rotatable bonds is 11. The van der Waals surface area contributed by atoms with Crippen LogP contribution in [0.2, 0.25) is 0 Å². The van der Waals surface area contributed by atoms with Gasteiger partial charge in [0.05, 0.1) is 13.7 Å². The van der Waals surface area contributed by atoms with E-state index in [4.69, 9.17) is 5.11 Å². The highest BCUT2D eigenvalue weighted by atomic mass is 32.2. The summed E-state index contributed by atoms with van der Waals surface area (Å²) in [7, 11) is 1.44. The third-order valence-electron chi connectivity index (χ3n) is 2.38.